The lowest BCUT2D eigenvalue weighted by molar-refractivity contribution is 0.471. The lowest BCUT2D eigenvalue weighted by atomic mass is 10.1. The number of benzene rings is 2. The molecule has 2 atom stereocenters. The number of nitrogens with zero attached hydrogens (tertiary/aromatic N) is 1. The van der Waals surface area contributed by atoms with Crippen LogP contribution >= 0.6 is 45.4 Å². The first-order chi connectivity index (χ1) is 14.5. The summed E-state index contributed by atoms with van der Waals surface area (Å²) in [5.41, 5.74) is 2.80. The second-order valence-electron chi connectivity index (χ2n) is 7.55. The topological polar surface area (TPSA) is 3.24 Å². The highest BCUT2D eigenvalue weighted by Gasteiger charge is 2.20. The van der Waals surface area contributed by atoms with Crippen LogP contribution in [-0.4, -0.2) is 28.0 Å². The SMILES string of the molecule is C/C=S(\c1sc2ccc(Cl)cc2c1CC)N(CCC)CC(C)Sc1cccc(C)c1. The number of thiophene rings is 1. The summed E-state index contributed by atoms with van der Waals surface area (Å²) in [6, 6.07) is 15.2. The molecular formula is C25H32ClNS3. The minimum absolute atomic E-state index is 0.00427. The van der Waals surface area contributed by atoms with Gasteiger partial charge in [-0.15, -0.1) is 23.1 Å². The van der Waals surface area contributed by atoms with E-state index in [0.29, 0.717) is 5.25 Å². The largest absolute Gasteiger partial charge is 0.251 e. The molecule has 0 N–H and O–H groups in total. The van der Waals surface area contributed by atoms with Crippen molar-refractivity contribution in [2.45, 2.75) is 61.8 Å². The van der Waals surface area contributed by atoms with Gasteiger partial charge in [-0.05, 0) is 73.3 Å². The van der Waals surface area contributed by atoms with Gasteiger partial charge in [0.2, 0.25) is 0 Å². The first-order valence-corrected chi connectivity index (χ1v) is 14.0. The van der Waals surface area contributed by atoms with E-state index in [0.717, 1.165) is 31.0 Å². The van der Waals surface area contributed by atoms with Gasteiger partial charge in [-0.25, -0.2) is 0 Å². The Labute approximate surface area is 197 Å². The fourth-order valence-corrected chi connectivity index (χ4v) is 9.37. The van der Waals surface area contributed by atoms with Gasteiger partial charge in [0.1, 0.15) is 0 Å². The van der Waals surface area contributed by atoms with Crippen molar-refractivity contribution >= 4 is 60.8 Å². The van der Waals surface area contributed by atoms with Crippen molar-refractivity contribution in [3.63, 3.8) is 0 Å². The molecular weight excluding hydrogens is 446 g/mol. The monoisotopic (exact) mass is 477 g/mol. The summed E-state index contributed by atoms with van der Waals surface area (Å²) in [6.07, 6.45) is 2.21. The minimum Gasteiger partial charge on any atom is -0.251 e. The molecule has 1 nitrogen and oxygen atoms in total. The molecule has 2 aromatic carbocycles. The average molecular weight is 478 g/mol. The first-order valence-electron chi connectivity index (χ1n) is 10.7. The van der Waals surface area contributed by atoms with Crippen LogP contribution in [0.1, 0.15) is 45.2 Å². The minimum atomic E-state index is 0.00427. The van der Waals surface area contributed by atoms with Gasteiger partial charge in [-0.1, -0.05) is 60.7 Å². The molecule has 0 aliphatic carbocycles. The standard InChI is InChI=1S/C25H32ClNS3/c1-6-14-27(17-19(5)28-21-11-9-10-18(4)15-21)30(8-3)25-22(7-2)23-16-20(26)12-13-24(23)29-25/h8-13,15-16,19H,6-7,14,17H2,1-5H3. The van der Waals surface area contributed by atoms with Gasteiger partial charge in [0.15, 0.2) is 0 Å². The molecule has 2 unspecified atom stereocenters. The van der Waals surface area contributed by atoms with Crippen molar-refractivity contribution in [3.05, 3.63) is 58.6 Å². The van der Waals surface area contributed by atoms with Crippen LogP contribution in [0.5, 0.6) is 0 Å². The van der Waals surface area contributed by atoms with Gasteiger partial charge in [-0.3, -0.25) is 4.31 Å². The molecule has 1 aromatic heterocycles. The number of halogens is 1. The van der Waals surface area contributed by atoms with Crippen molar-refractivity contribution in [1.82, 2.24) is 4.31 Å². The predicted molar refractivity (Wildman–Crippen MR) is 142 cm³/mol. The predicted octanol–water partition coefficient (Wildman–Crippen LogP) is 8.68. The van der Waals surface area contributed by atoms with Crippen molar-refractivity contribution < 1.29 is 0 Å². The molecule has 0 amide bonds. The second kappa shape index (κ2) is 11.2. The van der Waals surface area contributed by atoms with Gasteiger partial charge in [0, 0.05) is 33.0 Å². The maximum absolute atomic E-state index is 6.33. The Hall–Kier alpha value is -0.780. The fourth-order valence-electron chi connectivity index (χ4n) is 3.74. The van der Waals surface area contributed by atoms with Crippen molar-refractivity contribution in [1.29, 1.82) is 0 Å². The lowest BCUT2D eigenvalue weighted by Gasteiger charge is -2.28. The molecule has 0 fully saturated rings. The van der Waals surface area contributed by atoms with Crippen molar-refractivity contribution in [2.75, 3.05) is 13.1 Å². The molecule has 5 heteroatoms. The van der Waals surface area contributed by atoms with E-state index in [1.54, 1.807) is 0 Å². The third-order valence-electron chi connectivity index (χ3n) is 5.02. The highest BCUT2D eigenvalue weighted by molar-refractivity contribution is 8.14. The van der Waals surface area contributed by atoms with Crippen LogP contribution in [0.15, 0.2) is 51.6 Å². The first kappa shape index (κ1) is 23.9. The maximum Gasteiger partial charge on any atom is 0.0724 e. The molecule has 0 aliphatic rings. The Balaban J connectivity index is 1.89. The summed E-state index contributed by atoms with van der Waals surface area (Å²) in [5.74, 6) is 0. The Bertz CT molecular complexity index is 1020. The van der Waals surface area contributed by atoms with Crippen LogP contribution in [0.2, 0.25) is 5.02 Å². The number of rotatable bonds is 9. The number of fused-ring (bicyclic) bond motifs is 1. The molecule has 0 spiro atoms. The third kappa shape index (κ3) is 5.72. The van der Waals surface area contributed by atoms with Crippen LogP contribution in [0.25, 0.3) is 10.1 Å². The highest BCUT2D eigenvalue weighted by atomic mass is 35.5. The molecule has 30 heavy (non-hydrogen) atoms. The Morgan fingerprint density at radius 3 is 2.67 bits per heavy atom. The van der Waals surface area contributed by atoms with Gasteiger partial charge < -0.3 is 0 Å². The number of thioether (sulfide) groups is 1. The van der Waals surface area contributed by atoms with Crippen molar-refractivity contribution in [3.8, 4) is 0 Å². The average Bonchev–Trinajstić information content (AvgIpc) is 3.06. The van der Waals surface area contributed by atoms with Crippen LogP contribution in [0.4, 0.5) is 0 Å². The van der Waals surface area contributed by atoms with E-state index in [9.17, 15) is 0 Å². The van der Waals surface area contributed by atoms with Gasteiger partial charge in [-0.2, -0.15) is 0 Å². The molecule has 0 radical (unpaired) electrons. The van der Waals surface area contributed by atoms with Crippen LogP contribution in [0.3, 0.4) is 0 Å². The van der Waals surface area contributed by atoms with E-state index in [-0.39, 0.29) is 10.7 Å². The third-order valence-corrected chi connectivity index (χ3v) is 10.1. The summed E-state index contributed by atoms with van der Waals surface area (Å²) in [4.78, 5) is 1.37. The molecule has 0 saturated carbocycles. The van der Waals surface area contributed by atoms with Gasteiger partial charge in [0.05, 0.1) is 4.21 Å². The molecule has 0 aliphatic heterocycles. The number of hydrogen-bond acceptors (Lipinski definition) is 3. The quantitative estimate of drug-likeness (QED) is 0.224. The van der Waals surface area contributed by atoms with Crippen molar-refractivity contribution in [2.24, 2.45) is 0 Å². The summed E-state index contributed by atoms with van der Waals surface area (Å²) in [7, 11) is 0.00427. The second-order valence-corrected chi connectivity index (χ2v) is 12.8. The highest BCUT2D eigenvalue weighted by Crippen LogP contribution is 2.45. The molecule has 1 heterocycles. The van der Waals surface area contributed by atoms with E-state index in [1.165, 1.54) is 30.3 Å². The Morgan fingerprint density at radius 2 is 2.00 bits per heavy atom. The summed E-state index contributed by atoms with van der Waals surface area (Å²) in [5, 5.41) is 5.10. The number of aryl methyl sites for hydroxylation is 2. The van der Waals surface area contributed by atoms with Crippen LogP contribution in [-0.2, 0) is 6.42 Å². The Morgan fingerprint density at radius 1 is 1.20 bits per heavy atom. The summed E-state index contributed by atoms with van der Waals surface area (Å²) < 4.78 is 5.56. The molecule has 162 valence electrons. The molecule has 0 saturated heterocycles. The lowest BCUT2D eigenvalue weighted by Crippen LogP contribution is -2.26. The zero-order valence-electron chi connectivity index (χ0n) is 18.6. The smallest absolute Gasteiger partial charge is 0.0724 e. The number of hydrogen-bond donors (Lipinski definition) is 0. The zero-order valence-corrected chi connectivity index (χ0v) is 21.8. The van der Waals surface area contributed by atoms with Crippen LogP contribution < -0.4 is 0 Å². The molecule has 3 aromatic rings. The van der Waals surface area contributed by atoms with Gasteiger partial charge >= 0.3 is 0 Å². The van der Waals surface area contributed by atoms with E-state index in [1.807, 2.05) is 29.2 Å². The van der Waals surface area contributed by atoms with Gasteiger partial charge in [0.25, 0.3) is 0 Å². The fraction of sp³-hybridized carbons (Fsp3) is 0.400. The molecule has 3 rings (SSSR count). The summed E-state index contributed by atoms with van der Waals surface area (Å²) in [6.45, 7) is 13.5. The maximum atomic E-state index is 6.33. The van der Waals surface area contributed by atoms with E-state index < -0.39 is 0 Å². The summed E-state index contributed by atoms with van der Waals surface area (Å²) >= 11 is 10.3. The van der Waals surface area contributed by atoms with E-state index in [2.05, 4.69) is 80.7 Å². The molecule has 0 bridgehead atoms. The zero-order chi connectivity index (χ0) is 21.7. The Kier molecular flexibility index (Phi) is 8.91. The van der Waals surface area contributed by atoms with E-state index in [4.69, 9.17) is 11.6 Å². The van der Waals surface area contributed by atoms with Crippen LogP contribution in [0, 0.1) is 6.92 Å². The van der Waals surface area contributed by atoms with E-state index >= 15 is 0 Å². The normalized spacial score (nSPS) is 14.0.